The van der Waals surface area contributed by atoms with Crippen molar-refractivity contribution < 1.29 is 4.39 Å². The van der Waals surface area contributed by atoms with Crippen molar-refractivity contribution in [1.29, 1.82) is 0 Å². The molecule has 0 aliphatic heterocycles. The highest BCUT2D eigenvalue weighted by Gasteiger charge is 2.22. The molecule has 18 heavy (non-hydrogen) atoms. The second-order valence-corrected chi connectivity index (χ2v) is 4.65. The molecule has 1 unspecified atom stereocenters. The molecule has 1 aromatic carbocycles. The molecule has 0 radical (unpaired) electrons. The maximum Gasteiger partial charge on any atom is 0.142 e. The van der Waals surface area contributed by atoms with E-state index in [1.54, 1.807) is 37.1 Å². The molecule has 0 aliphatic rings. The quantitative estimate of drug-likeness (QED) is 0.940. The van der Waals surface area contributed by atoms with E-state index in [4.69, 9.17) is 23.2 Å². The fourth-order valence-corrected chi connectivity index (χ4v) is 2.44. The highest BCUT2D eigenvalue weighted by molar-refractivity contribution is 6.32. The van der Waals surface area contributed by atoms with Crippen LogP contribution in [0.2, 0.25) is 10.0 Å². The van der Waals surface area contributed by atoms with Gasteiger partial charge in [-0.25, -0.2) is 4.39 Å². The Morgan fingerprint density at radius 3 is 2.67 bits per heavy atom. The first-order chi connectivity index (χ1) is 8.56. The monoisotopic (exact) mass is 287 g/mol. The van der Waals surface area contributed by atoms with Crippen molar-refractivity contribution in [2.45, 2.75) is 6.04 Å². The van der Waals surface area contributed by atoms with Crippen LogP contribution in [0.4, 0.5) is 4.39 Å². The maximum absolute atomic E-state index is 13.5. The average molecular weight is 288 g/mol. The Morgan fingerprint density at radius 2 is 2.11 bits per heavy atom. The number of benzene rings is 1. The molecular formula is C12H12Cl2FN3. The normalized spacial score (nSPS) is 12.7. The summed E-state index contributed by atoms with van der Waals surface area (Å²) < 4.78 is 15.1. The Morgan fingerprint density at radius 1 is 1.39 bits per heavy atom. The number of hydrogen-bond acceptors (Lipinski definition) is 2. The number of aromatic nitrogens is 2. The van der Waals surface area contributed by atoms with Gasteiger partial charge in [0.15, 0.2) is 0 Å². The van der Waals surface area contributed by atoms with E-state index in [-0.39, 0.29) is 11.1 Å². The van der Waals surface area contributed by atoms with Gasteiger partial charge in [0.1, 0.15) is 5.82 Å². The van der Waals surface area contributed by atoms with Crippen LogP contribution in [0.25, 0.3) is 0 Å². The van der Waals surface area contributed by atoms with Crippen LogP contribution in [0, 0.1) is 5.82 Å². The predicted molar refractivity (Wildman–Crippen MR) is 70.5 cm³/mol. The number of aryl methyl sites for hydroxylation is 1. The summed E-state index contributed by atoms with van der Waals surface area (Å²) in [4.78, 5) is 0. The molecule has 0 bridgehead atoms. The summed E-state index contributed by atoms with van der Waals surface area (Å²) in [5, 5.41) is 7.75. The third-order valence-corrected chi connectivity index (χ3v) is 3.48. The van der Waals surface area contributed by atoms with Crippen molar-refractivity contribution in [3.63, 3.8) is 0 Å². The lowest BCUT2D eigenvalue weighted by Crippen LogP contribution is -2.21. The fraction of sp³-hybridized carbons (Fsp3) is 0.250. The van der Waals surface area contributed by atoms with Gasteiger partial charge in [-0.1, -0.05) is 35.3 Å². The minimum atomic E-state index is -0.451. The van der Waals surface area contributed by atoms with Crippen molar-refractivity contribution in [3.05, 3.63) is 51.5 Å². The molecule has 6 heteroatoms. The van der Waals surface area contributed by atoms with Crippen LogP contribution >= 0.6 is 23.2 Å². The van der Waals surface area contributed by atoms with E-state index in [2.05, 4.69) is 10.4 Å². The Bertz CT molecular complexity index is 549. The Labute approximate surface area is 115 Å². The summed E-state index contributed by atoms with van der Waals surface area (Å²) in [5.41, 5.74) is 1.37. The lowest BCUT2D eigenvalue weighted by molar-refractivity contribution is 0.592. The van der Waals surface area contributed by atoms with E-state index >= 15 is 0 Å². The number of nitrogens with one attached hydrogen (secondary N) is 1. The fourth-order valence-electron chi connectivity index (χ4n) is 1.93. The molecule has 0 aliphatic carbocycles. The van der Waals surface area contributed by atoms with Gasteiger partial charge in [-0.2, -0.15) is 5.10 Å². The van der Waals surface area contributed by atoms with Gasteiger partial charge < -0.3 is 5.32 Å². The molecule has 1 aromatic heterocycles. The van der Waals surface area contributed by atoms with E-state index in [1.165, 1.54) is 6.07 Å². The minimum absolute atomic E-state index is 0.0918. The van der Waals surface area contributed by atoms with Crippen LogP contribution in [0.3, 0.4) is 0 Å². The molecule has 0 saturated heterocycles. The first-order valence-electron chi connectivity index (χ1n) is 5.34. The molecule has 0 saturated carbocycles. The topological polar surface area (TPSA) is 29.9 Å². The molecule has 1 heterocycles. The number of halogens is 3. The van der Waals surface area contributed by atoms with E-state index in [0.29, 0.717) is 10.6 Å². The number of rotatable bonds is 3. The first kappa shape index (κ1) is 13.3. The van der Waals surface area contributed by atoms with Gasteiger partial charge in [0.2, 0.25) is 0 Å². The molecular weight excluding hydrogens is 276 g/mol. The SMILES string of the molecule is CNC(c1cccc(F)c1Cl)c1c(Cl)cnn1C. The van der Waals surface area contributed by atoms with Gasteiger partial charge >= 0.3 is 0 Å². The molecule has 1 atom stereocenters. The second-order valence-electron chi connectivity index (χ2n) is 3.87. The summed E-state index contributed by atoms with van der Waals surface area (Å²) >= 11 is 12.1. The van der Waals surface area contributed by atoms with Gasteiger partial charge in [-0.3, -0.25) is 4.68 Å². The minimum Gasteiger partial charge on any atom is -0.308 e. The molecule has 0 spiro atoms. The molecule has 1 N–H and O–H groups in total. The first-order valence-corrected chi connectivity index (χ1v) is 6.10. The van der Waals surface area contributed by atoms with Crippen molar-refractivity contribution in [2.75, 3.05) is 7.05 Å². The number of nitrogens with zero attached hydrogens (tertiary/aromatic N) is 2. The van der Waals surface area contributed by atoms with Crippen LogP contribution in [0.1, 0.15) is 17.3 Å². The summed E-state index contributed by atoms with van der Waals surface area (Å²) in [6.45, 7) is 0. The van der Waals surface area contributed by atoms with Crippen LogP contribution < -0.4 is 5.32 Å². The summed E-state index contributed by atoms with van der Waals surface area (Å²) in [7, 11) is 3.54. The smallest absolute Gasteiger partial charge is 0.142 e. The van der Waals surface area contributed by atoms with Gasteiger partial charge in [0.25, 0.3) is 0 Å². The highest BCUT2D eigenvalue weighted by Crippen LogP contribution is 2.32. The van der Waals surface area contributed by atoms with E-state index in [1.807, 2.05) is 0 Å². The molecule has 0 amide bonds. The predicted octanol–water partition coefficient (Wildman–Crippen LogP) is 3.17. The molecule has 2 rings (SSSR count). The zero-order chi connectivity index (χ0) is 13.3. The molecule has 0 fully saturated rings. The van der Waals surface area contributed by atoms with E-state index in [9.17, 15) is 4.39 Å². The third-order valence-electron chi connectivity index (χ3n) is 2.79. The van der Waals surface area contributed by atoms with Gasteiger partial charge in [0, 0.05) is 7.05 Å². The Kier molecular flexibility index (Phi) is 3.90. The lowest BCUT2D eigenvalue weighted by atomic mass is 10.0. The standard InChI is InChI=1S/C12H12Cl2FN3/c1-16-11(12-8(13)6-17-18(12)2)7-4-3-5-9(15)10(7)14/h3-6,11,16H,1-2H3. The zero-order valence-electron chi connectivity index (χ0n) is 9.92. The molecule has 3 nitrogen and oxygen atoms in total. The largest absolute Gasteiger partial charge is 0.308 e. The third kappa shape index (κ3) is 2.23. The highest BCUT2D eigenvalue weighted by atomic mass is 35.5. The summed E-state index contributed by atoms with van der Waals surface area (Å²) in [5.74, 6) is -0.451. The Hall–Kier alpha value is -1.10. The van der Waals surface area contributed by atoms with Gasteiger partial charge in [0.05, 0.1) is 28.0 Å². The average Bonchev–Trinajstić information content (AvgIpc) is 2.67. The van der Waals surface area contributed by atoms with Crippen molar-refractivity contribution >= 4 is 23.2 Å². The van der Waals surface area contributed by atoms with Crippen molar-refractivity contribution in [1.82, 2.24) is 15.1 Å². The van der Waals surface area contributed by atoms with Crippen LogP contribution in [-0.4, -0.2) is 16.8 Å². The van der Waals surface area contributed by atoms with Gasteiger partial charge in [-0.15, -0.1) is 0 Å². The van der Waals surface area contributed by atoms with Crippen LogP contribution in [0.5, 0.6) is 0 Å². The van der Waals surface area contributed by atoms with Crippen molar-refractivity contribution in [3.8, 4) is 0 Å². The van der Waals surface area contributed by atoms with Crippen LogP contribution in [0.15, 0.2) is 24.4 Å². The number of hydrogen-bond donors (Lipinski definition) is 1. The van der Waals surface area contributed by atoms with Gasteiger partial charge in [-0.05, 0) is 18.7 Å². The lowest BCUT2D eigenvalue weighted by Gasteiger charge is -2.19. The molecule has 96 valence electrons. The summed E-state index contributed by atoms with van der Waals surface area (Å²) in [6.07, 6.45) is 1.55. The molecule has 2 aromatic rings. The van der Waals surface area contributed by atoms with Crippen molar-refractivity contribution in [2.24, 2.45) is 7.05 Å². The van der Waals surface area contributed by atoms with E-state index in [0.717, 1.165) is 5.69 Å². The second kappa shape index (κ2) is 5.26. The Balaban J connectivity index is 2.56. The van der Waals surface area contributed by atoms with Crippen LogP contribution in [-0.2, 0) is 7.05 Å². The van der Waals surface area contributed by atoms with E-state index < -0.39 is 5.82 Å². The maximum atomic E-state index is 13.5. The summed E-state index contributed by atoms with van der Waals surface area (Å²) in [6, 6.07) is 4.39. The zero-order valence-corrected chi connectivity index (χ0v) is 11.4.